The van der Waals surface area contributed by atoms with Gasteiger partial charge in [-0.3, -0.25) is 0 Å². The van der Waals surface area contributed by atoms with Gasteiger partial charge in [-0.1, -0.05) is 0 Å². The SMILES string of the molecule is CN1CCC(c2c[nH]c3ccc4ocnc4c23)CC1. The summed E-state index contributed by atoms with van der Waals surface area (Å²) in [5, 5.41) is 1.25. The predicted octanol–water partition coefficient (Wildman–Crippen LogP) is 3.12. The van der Waals surface area contributed by atoms with Crippen molar-refractivity contribution in [3.05, 3.63) is 30.3 Å². The van der Waals surface area contributed by atoms with Gasteiger partial charge in [0, 0.05) is 17.1 Å². The summed E-state index contributed by atoms with van der Waals surface area (Å²) in [5.41, 5.74) is 4.44. The van der Waals surface area contributed by atoms with E-state index < -0.39 is 0 Å². The number of nitrogens with one attached hydrogen (secondary N) is 1. The Morgan fingerprint density at radius 2 is 2.16 bits per heavy atom. The third kappa shape index (κ3) is 1.67. The molecule has 1 aliphatic rings. The van der Waals surface area contributed by atoms with Crippen molar-refractivity contribution in [2.24, 2.45) is 0 Å². The molecule has 2 aromatic heterocycles. The van der Waals surface area contributed by atoms with E-state index in [9.17, 15) is 0 Å². The molecule has 98 valence electrons. The Kier molecular flexibility index (Phi) is 2.38. The van der Waals surface area contributed by atoms with Crippen molar-refractivity contribution in [1.82, 2.24) is 14.9 Å². The maximum atomic E-state index is 5.42. The number of rotatable bonds is 1. The lowest BCUT2D eigenvalue weighted by atomic mass is 9.89. The minimum Gasteiger partial charge on any atom is -0.443 e. The first-order valence-corrected chi connectivity index (χ1v) is 6.84. The fourth-order valence-electron chi connectivity index (χ4n) is 3.21. The molecule has 4 rings (SSSR count). The molecular formula is C15H17N3O. The standard InChI is InChI=1S/C15H17N3O/c1-18-6-4-10(5-7-18)11-8-16-12-2-3-13-15(14(11)12)17-9-19-13/h2-3,8-10,16H,4-7H2,1H3. The van der Waals surface area contributed by atoms with Gasteiger partial charge in [0.1, 0.15) is 5.52 Å². The minimum absolute atomic E-state index is 0.632. The zero-order valence-electron chi connectivity index (χ0n) is 11.0. The molecule has 3 aromatic rings. The lowest BCUT2D eigenvalue weighted by Crippen LogP contribution is -2.29. The maximum absolute atomic E-state index is 5.42. The molecule has 19 heavy (non-hydrogen) atoms. The van der Waals surface area contributed by atoms with Gasteiger partial charge < -0.3 is 14.3 Å². The number of H-pyrrole nitrogens is 1. The van der Waals surface area contributed by atoms with Crippen LogP contribution in [0.3, 0.4) is 0 Å². The van der Waals surface area contributed by atoms with Crippen LogP contribution in [0.1, 0.15) is 24.3 Å². The van der Waals surface area contributed by atoms with E-state index in [0.29, 0.717) is 5.92 Å². The highest BCUT2D eigenvalue weighted by molar-refractivity contribution is 6.04. The molecule has 1 fully saturated rings. The van der Waals surface area contributed by atoms with Gasteiger partial charge in [-0.2, -0.15) is 0 Å². The number of aromatic nitrogens is 2. The molecule has 0 radical (unpaired) electrons. The summed E-state index contributed by atoms with van der Waals surface area (Å²) in [6.07, 6.45) is 6.14. The van der Waals surface area contributed by atoms with Crippen LogP contribution in [0.5, 0.6) is 0 Å². The number of benzene rings is 1. The highest BCUT2D eigenvalue weighted by Gasteiger charge is 2.22. The van der Waals surface area contributed by atoms with E-state index in [1.165, 1.54) is 43.3 Å². The van der Waals surface area contributed by atoms with Gasteiger partial charge in [0.2, 0.25) is 0 Å². The molecule has 1 aromatic carbocycles. The van der Waals surface area contributed by atoms with Crippen LogP contribution in [-0.4, -0.2) is 35.0 Å². The average Bonchev–Trinajstić information content (AvgIpc) is 3.04. The normalized spacial score (nSPS) is 18.6. The second-order valence-corrected chi connectivity index (χ2v) is 5.51. The topological polar surface area (TPSA) is 45.1 Å². The molecule has 3 heterocycles. The van der Waals surface area contributed by atoms with Crippen molar-refractivity contribution >= 4 is 22.0 Å². The Labute approximate surface area is 111 Å². The molecule has 0 saturated carbocycles. The lowest BCUT2D eigenvalue weighted by Gasteiger charge is -2.28. The van der Waals surface area contributed by atoms with Crippen LogP contribution in [0.15, 0.2) is 29.1 Å². The summed E-state index contributed by atoms with van der Waals surface area (Å²) in [6.45, 7) is 2.35. The largest absolute Gasteiger partial charge is 0.443 e. The van der Waals surface area contributed by atoms with E-state index in [2.05, 4.69) is 34.2 Å². The van der Waals surface area contributed by atoms with Gasteiger partial charge in [-0.15, -0.1) is 0 Å². The second-order valence-electron chi connectivity index (χ2n) is 5.51. The third-order valence-corrected chi connectivity index (χ3v) is 4.33. The quantitative estimate of drug-likeness (QED) is 0.726. The average molecular weight is 255 g/mol. The number of oxazole rings is 1. The fraction of sp³-hybridized carbons (Fsp3) is 0.400. The van der Waals surface area contributed by atoms with Crippen LogP contribution in [-0.2, 0) is 0 Å². The van der Waals surface area contributed by atoms with Gasteiger partial charge in [0.05, 0.1) is 0 Å². The molecule has 4 nitrogen and oxygen atoms in total. The van der Waals surface area contributed by atoms with Crippen molar-refractivity contribution in [2.45, 2.75) is 18.8 Å². The number of piperidine rings is 1. The zero-order valence-corrected chi connectivity index (χ0v) is 11.0. The first kappa shape index (κ1) is 11.1. The molecule has 0 amide bonds. The number of hydrogen-bond acceptors (Lipinski definition) is 3. The molecule has 4 heteroatoms. The highest BCUT2D eigenvalue weighted by atomic mass is 16.3. The molecule has 0 bridgehead atoms. The molecule has 0 unspecified atom stereocenters. The number of fused-ring (bicyclic) bond motifs is 3. The smallest absolute Gasteiger partial charge is 0.182 e. The van der Waals surface area contributed by atoms with Crippen LogP contribution in [0.4, 0.5) is 0 Å². The summed E-state index contributed by atoms with van der Waals surface area (Å²) in [7, 11) is 2.20. The van der Waals surface area contributed by atoms with E-state index in [0.717, 1.165) is 16.6 Å². The summed E-state index contributed by atoms with van der Waals surface area (Å²) in [4.78, 5) is 10.2. The summed E-state index contributed by atoms with van der Waals surface area (Å²) < 4.78 is 5.42. The maximum Gasteiger partial charge on any atom is 0.182 e. The Hall–Kier alpha value is -1.81. The summed E-state index contributed by atoms with van der Waals surface area (Å²) in [5.74, 6) is 0.632. The van der Waals surface area contributed by atoms with Gasteiger partial charge in [-0.05, 0) is 56.6 Å². The van der Waals surface area contributed by atoms with Crippen LogP contribution >= 0.6 is 0 Å². The van der Waals surface area contributed by atoms with E-state index in [1.54, 1.807) is 0 Å². The van der Waals surface area contributed by atoms with Gasteiger partial charge in [0.25, 0.3) is 0 Å². The number of likely N-dealkylation sites (tertiary alicyclic amines) is 1. The Bertz CT molecular complexity index is 719. The summed E-state index contributed by atoms with van der Waals surface area (Å²) >= 11 is 0. The van der Waals surface area contributed by atoms with Gasteiger partial charge >= 0.3 is 0 Å². The number of aromatic amines is 1. The predicted molar refractivity (Wildman–Crippen MR) is 75.3 cm³/mol. The zero-order chi connectivity index (χ0) is 12.8. The van der Waals surface area contributed by atoms with Crippen molar-refractivity contribution in [3.63, 3.8) is 0 Å². The Morgan fingerprint density at radius 1 is 1.32 bits per heavy atom. The molecule has 1 aliphatic heterocycles. The van der Waals surface area contributed by atoms with E-state index in [1.807, 2.05) is 6.07 Å². The molecule has 1 saturated heterocycles. The van der Waals surface area contributed by atoms with E-state index in [-0.39, 0.29) is 0 Å². The molecule has 0 spiro atoms. The Balaban J connectivity index is 1.87. The Morgan fingerprint density at radius 3 is 3.00 bits per heavy atom. The molecule has 1 N–H and O–H groups in total. The van der Waals surface area contributed by atoms with Crippen LogP contribution in [0.25, 0.3) is 22.0 Å². The molecule has 0 atom stereocenters. The first-order chi connectivity index (χ1) is 9.33. The molecular weight excluding hydrogens is 238 g/mol. The molecule has 0 aliphatic carbocycles. The number of nitrogens with zero attached hydrogens (tertiary/aromatic N) is 2. The summed E-state index contributed by atoms with van der Waals surface area (Å²) in [6, 6.07) is 4.07. The van der Waals surface area contributed by atoms with Crippen LogP contribution in [0, 0.1) is 0 Å². The van der Waals surface area contributed by atoms with E-state index >= 15 is 0 Å². The van der Waals surface area contributed by atoms with Gasteiger partial charge in [-0.25, -0.2) is 4.98 Å². The van der Waals surface area contributed by atoms with Crippen molar-refractivity contribution in [2.75, 3.05) is 20.1 Å². The van der Waals surface area contributed by atoms with Crippen LogP contribution < -0.4 is 0 Å². The van der Waals surface area contributed by atoms with Crippen molar-refractivity contribution < 1.29 is 4.42 Å². The van der Waals surface area contributed by atoms with Gasteiger partial charge in [0.15, 0.2) is 12.0 Å². The first-order valence-electron chi connectivity index (χ1n) is 6.84. The second kappa shape index (κ2) is 4.10. The monoisotopic (exact) mass is 255 g/mol. The highest BCUT2D eigenvalue weighted by Crippen LogP contribution is 2.36. The van der Waals surface area contributed by atoms with E-state index in [4.69, 9.17) is 4.42 Å². The minimum atomic E-state index is 0.632. The lowest BCUT2D eigenvalue weighted by molar-refractivity contribution is 0.256. The fourth-order valence-corrected chi connectivity index (χ4v) is 3.21. The third-order valence-electron chi connectivity index (χ3n) is 4.33. The van der Waals surface area contributed by atoms with Crippen molar-refractivity contribution in [3.8, 4) is 0 Å². The number of hydrogen-bond donors (Lipinski definition) is 1. The van der Waals surface area contributed by atoms with Crippen molar-refractivity contribution in [1.29, 1.82) is 0 Å². The van der Waals surface area contributed by atoms with Crippen LogP contribution in [0.2, 0.25) is 0 Å².